The maximum absolute atomic E-state index is 4.53. The van der Waals surface area contributed by atoms with Crippen LogP contribution in [0.1, 0.15) is 0 Å². The summed E-state index contributed by atoms with van der Waals surface area (Å²) in [5, 5.41) is 0. The number of pyridine rings is 1. The van der Waals surface area contributed by atoms with Crippen molar-refractivity contribution in [1.82, 2.24) is 19.4 Å². The lowest BCUT2D eigenvalue weighted by atomic mass is 10.3. The van der Waals surface area contributed by atoms with Crippen molar-refractivity contribution in [3.05, 3.63) is 42.7 Å². The summed E-state index contributed by atoms with van der Waals surface area (Å²) >= 11 is 0. The van der Waals surface area contributed by atoms with E-state index in [9.17, 15) is 0 Å². The molecule has 4 heteroatoms. The number of aromatic nitrogens is 4. The summed E-state index contributed by atoms with van der Waals surface area (Å²) in [7, 11) is 0. The van der Waals surface area contributed by atoms with Crippen LogP contribution >= 0.6 is 0 Å². The van der Waals surface area contributed by atoms with E-state index < -0.39 is 0 Å². The Balaban J connectivity index is 2.38. The first-order valence-corrected chi connectivity index (χ1v) is 5.12. The highest BCUT2D eigenvalue weighted by atomic mass is 15.1. The molecule has 3 heterocycles. The highest BCUT2D eigenvalue weighted by Crippen LogP contribution is 2.21. The predicted octanol–water partition coefficient (Wildman–Crippen LogP) is 2.36. The molecule has 0 unspecified atom stereocenters. The molecule has 0 amide bonds. The van der Waals surface area contributed by atoms with Gasteiger partial charge in [-0.05, 0) is 18.2 Å². The fraction of sp³-hybridized carbons (Fsp3) is 0. The fourth-order valence-electron chi connectivity index (χ4n) is 2.15. The predicted molar refractivity (Wildman–Crippen MR) is 62.3 cm³/mol. The second kappa shape index (κ2) is 2.61. The minimum absolute atomic E-state index is 0.865. The monoisotopic (exact) mass is 208 g/mol. The van der Waals surface area contributed by atoms with Crippen molar-refractivity contribution in [2.75, 3.05) is 0 Å². The summed E-state index contributed by atoms with van der Waals surface area (Å²) in [6.45, 7) is 0. The Kier molecular flexibility index (Phi) is 1.28. The number of hydrogen-bond donors (Lipinski definition) is 1. The molecule has 4 aromatic rings. The molecule has 16 heavy (non-hydrogen) atoms. The summed E-state index contributed by atoms with van der Waals surface area (Å²) in [4.78, 5) is 11.9. The van der Waals surface area contributed by atoms with Crippen LogP contribution in [0, 0.1) is 0 Å². The van der Waals surface area contributed by atoms with Crippen molar-refractivity contribution in [3.63, 3.8) is 0 Å². The zero-order valence-electron chi connectivity index (χ0n) is 8.38. The standard InChI is InChI=1S/C12H8N4/c1-2-4-10-8(3-1)14-12-15-9-7-13-6-5-11(9)16(10)12/h1-7H,(H,14,15). The summed E-state index contributed by atoms with van der Waals surface area (Å²) in [6, 6.07) is 10.1. The minimum atomic E-state index is 0.865. The molecule has 1 aromatic carbocycles. The number of aromatic amines is 1. The number of H-pyrrole nitrogens is 1. The molecule has 4 rings (SSSR count). The van der Waals surface area contributed by atoms with E-state index in [0.717, 1.165) is 27.8 Å². The number of imidazole rings is 2. The lowest BCUT2D eigenvalue weighted by Gasteiger charge is -1.92. The van der Waals surface area contributed by atoms with E-state index in [2.05, 4.69) is 25.4 Å². The van der Waals surface area contributed by atoms with E-state index in [-0.39, 0.29) is 0 Å². The fourth-order valence-corrected chi connectivity index (χ4v) is 2.15. The van der Waals surface area contributed by atoms with Gasteiger partial charge in [0.05, 0.1) is 28.3 Å². The highest BCUT2D eigenvalue weighted by molar-refractivity contribution is 5.89. The third kappa shape index (κ3) is 0.839. The van der Waals surface area contributed by atoms with E-state index in [1.807, 2.05) is 30.5 Å². The number of nitrogens with one attached hydrogen (secondary N) is 1. The highest BCUT2D eigenvalue weighted by Gasteiger charge is 2.08. The Hall–Kier alpha value is -2.36. The van der Waals surface area contributed by atoms with Crippen LogP contribution < -0.4 is 0 Å². The number of nitrogens with zero attached hydrogens (tertiary/aromatic N) is 3. The molecule has 3 aromatic heterocycles. The Bertz CT molecular complexity index is 744. The molecule has 4 nitrogen and oxygen atoms in total. The summed E-state index contributed by atoms with van der Waals surface area (Å²) < 4.78 is 2.12. The zero-order chi connectivity index (χ0) is 10.5. The van der Waals surface area contributed by atoms with E-state index in [4.69, 9.17) is 0 Å². The SMILES string of the molecule is c1ccc2c(c1)nc1[nH]c3cnccc3n12. The Morgan fingerprint density at radius 1 is 1.06 bits per heavy atom. The molecule has 0 radical (unpaired) electrons. The van der Waals surface area contributed by atoms with Crippen molar-refractivity contribution in [2.24, 2.45) is 0 Å². The summed E-state index contributed by atoms with van der Waals surface area (Å²) in [6.07, 6.45) is 3.61. The Morgan fingerprint density at radius 3 is 3.00 bits per heavy atom. The van der Waals surface area contributed by atoms with Gasteiger partial charge in [-0.3, -0.25) is 9.38 Å². The van der Waals surface area contributed by atoms with Crippen LogP contribution in [0.2, 0.25) is 0 Å². The molecule has 0 saturated heterocycles. The molecular formula is C12H8N4. The van der Waals surface area contributed by atoms with Gasteiger partial charge in [-0.15, -0.1) is 0 Å². The van der Waals surface area contributed by atoms with Crippen LogP contribution in [0.4, 0.5) is 0 Å². The topological polar surface area (TPSA) is 46.0 Å². The average Bonchev–Trinajstić information content (AvgIpc) is 2.83. The van der Waals surface area contributed by atoms with Gasteiger partial charge in [0.15, 0.2) is 0 Å². The number of hydrogen-bond acceptors (Lipinski definition) is 2. The zero-order valence-corrected chi connectivity index (χ0v) is 8.38. The van der Waals surface area contributed by atoms with Gasteiger partial charge < -0.3 is 4.98 Å². The van der Waals surface area contributed by atoms with Crippen molar-refractivity contribution >= 4 is 27.8 Å². The van der Waals surface area contributed by atoms with Crippen molar-refractivity contribution in [2.45, 2.75) is 0 Å². The summed E-state index contributed by atoms with van der Waals surface area (Å²) in [5.74, 6) is 0.865. The normalized spacial score (nSPS) is 11.8. The smallest absolute Gasteiger partial charge is 0.213 e. The van der Waals surface area contributed by atoms with E-state index in [0.29, 0.717) is 0 Å². The Morgan fingerprint density at radius 2 is 2.00 bits per heavy atom. The summed E-state index contributed by atoms with van der Waals surface area (Å²) in [5.41, 5.74) is 4.25. The first kappa shape index (κ1) is 7.87. The van der Waals surface area contributed by atoms with Crippen LogP contribution in [0.3, 0.4) is 0 Å². The van der Waals surface area contributed by atoms with Crippen LogP contribution in [0.5, 0.6) is 0 Å². The number of para-hydroxylation sites is 2. The number of benzene rings is 1. The molecule has 1 N–H and O–H groups in total. The molecule has 0 bridgehead atoms. The third-order valence-electron chi connectivity index (χ3n) is 2.85. The second-order valence-electron chi connectivity index (χ2n) is 3.78. The van der Waals surface area contributed by atoms with Crippen molar-refractivity contribution in [3.8, 4) is 0 Å². The van der Waals surface area contributed by atoms with Crippen LogP contribution in [-0.2, 0) is 0 Å². The van der Waals surface area contributed by atoms with Gasteiger partial charge in [0.1, 0.15) is 0 Å². The average molecular weight is 208 g/mol. The van der Waals surface area contributed by atoms with Gasteiger partial charge >= 0.3 is 0 Å². The van der Waals surface area contributed by atoms with Crippen molar-refractivity contribution < 1.29 is 0 Å². The van der Waals surface area contributed by atoms with E-state index >= 15 is 0 Å². The largest absolute Gasteiger partial charge is 0.322 e. The van der Waals surface area contributed by atoms with Crippen LogP contribution in [0.15, 0.2) is 42.7 Å². The molecule has 0 aliphatic heterocycles. The maximum atomic E-state index is 4.53. The Labute approximate surface area is 90.6 Å². The molecule has 76 valence electrons. The lowest BCUT2D eigenvalue weighted by molar-refractivity contribution is 1.28. The maximum Gasteiger partial charge on any atom is 0.213 e. The molecule has 0 atom stereocenters. The molecule has 0 aliphatic rings. The molecule has 0 aliphatic carbocycles. The lowest BCUT2D eigenvalue weighted by Crippen LogP contribution is -1.79. The van der Waals surface area contributed by atoms with Gasteiger partial charge in [0.2, 0.25) is 5.78 Å². The van der Waals surface area contributed by atoms with Gasteiger partial charge in [0, 0.05) is 6.20 Å². The number of rotatable bonds is 0. The van der Waals surface area contributed by atoms with Crippen molar-refractivity contribution in [1.29, 1.82) is 0 Å². The van der Waals surface area contributed by atoms with Crippen LogP contribution in [-0.4, -0.2) is 19.4 Å². The second-order valence-corrected chi connectivity index (χ2v) is 3.78. The first-order valence-electron chi connectivity index (χ1n) is 5.12. The molecular weight excluding hydrogens is 200 g/mol. The van der Waals surface area contributed by atoms with E-state index in [1.165, 1.54) is 0 Å². The quantitative estimate of drug-likeness (QED) is 0.482. The molecule has 0 fully saturated rings. The number of fused-ring (bicyclic) bond motifs is 5. The minimum Gasteiger partial charge on any atom is -0.322 e. The van der Waals surface area contributed by atoms with Crippen LogP contribution in [0.25, 0.3) is 27.8 Å². The molecule has 0 saturated carbocycles. The first-order chi connectivity index (χ1) is 7.93. The van der Waals surface area contributed by atoms with E-state index in [1.54, 1.807) is 6.20 Å². The molecule has 0 spiro atoms. The third-order valence-corrected chi connectivity index (χ3v) is 2.85. The van der Waals surface area contributed by atoms with Gasteiger partial charge in [-0.2, -0.15) is 0 Å². The van der Waals surface area contributed by atoms with Gasteiger partial charge in [0.25, 0.3) is 0 Å². The van der Waals surface area contributed by atoms with Gasteiger partial charge in [-0.1, -0.05) is 12.1 Å². The van der Waals surface area contributed by atoms with Gasteiger partial charge in [-0.25, -0.2) is 4.98 Å².